The minimum atomic E-state index is -1.95. The Morgan fingerprint density at radius 2 is 2.12 bits per heavy atom. The van der Waals surface area contributed by atoms with E-state index in [4.69, 9.17) is 10.2 Å². The zero-order valence-corrected chi connectivity index (χ0v) is 7.91. The molecule has 1 aliphatic heterocycles. The van der Waals surface area contributed by atoms with Crippen molar-refractivity contribution in [1.29, 1.82) is 0 Å². The van der Waals surface area contributed by atoms with Crippen molar-refractivity contribution in [3.05, 3.63) is 33.1 Å². The lowest BCUT2D eigenvalue weighted by Crippen LogP contribution is -2.35. The summed E-state index contributed by atoms with van der Waals surface area (Å²) in [6, 6.07) is 1.01. The van der Waals surface area contributed by atoms with Gasteiger partial charge in [-0.1, -0.05) is 0 Å². The second-order valence-electron chi connectivity index (χ2n) is 3.37. The number of hydrogen-bond acceptors (Lipinski definition) is 5. The molecule has 4 atom stereocenters. The van der Waals surface area contributed by atoms with E-state index in [-0.39, 0.29) is 0 Å². The Hall–Kier alpha value is -1.51. The SMILES string of the molecule is O=c1ccn(C2OC(O)C(O)C2F)c(=O)[nH]1. The van der Waals surface area contributed by atoms with Crippen molar-refractivity contribution in [2.24, 2.45) is 0 Å². The number of rotatable bonds is 1. The van der Waals surface area contributed by atoms with Crippen LogP contribution in [0.5, 0.6) is 0 Å². The summed E-state index contributed by atoms with van der Waals surface area (Å²) in [5, 5.41) is 18.2. The second-order valence-corrected chi connectivity index (χ2v) is 3.37. The molecule has 2 heterocycles. The van der Waals surface area contributed by atoms with E-state index in [1.54, 1.807) is 0 Å². The molecule has 7 nitrogen and oxygen atoms in total. The van der Waals surface area contributed by atoms with Crippen LogP contribution in [-0.2, 0) is 4.74 Å². The number of hydrogen-bond donors (Lipinski definition) is 3. The Morgan fingerprint density at radius 3 is 2.62 bits per heavy atom. The highest BCUT2D eigenvalue weighted by molar-refractivity contribution is 4.90. The summed E-state index contributed by atoms with van der Waals surface area (Å²) in [6.07, 6.45) is -5.78. The zero-order valence-electron chi connectivity index (χ0n) is 7.91. The van der Waals surface area contributed by atoms with Crippen molar-refractivity contribution in [2.45, 2.75) is 24.8 Å². The fourth-order valence-electron chi connectivity index (χ4n) is 1.47. The molecule has 1 fully saturated rings. The highest BCUT2D eigenvalue weighted by Crippen LogP contribution is 2.29. The van der Waals surface area contributed by atoms with E-state index in [1.807, 2.05) is 4.98 Å². The molecule has 0 radical (unpaired) electrons. The molecule has 4 unspecified atom stereocenters. The molecule has 0 aliphatic carbocycles. The first kappa shape index (κ1) is 11.0. The van der Waals surface area contributed by atoms with Crippen molar-refractivity contribution in [2.75, 3.05) is 0 Å². The van der Waals surface area contributed by atoms with Gasteiger partial charge in [0.05, 0.1) is 0 Å². The quantitative estimate of drug-likeness (QED) is 0.523. The zero-order chi connectivity index (χ0) is 11.9. The van der Waals surface area contributed by atoms with Crippen LogP contribution in [0, 0.1) is 0 Å². The lowest BCUT2D eigenvalue weighted by molar-refractivity contribution is -0.142. The number of nitrogens with one attached hydrogen (secondary N) is 1. The van der Waals surface area contributed by atoms with Gasteiger partial charge in [0, 0.05) is 12.3 Å². The van der Waals surface area contributed by atoms with Gasteiger partial charge in [0.2, 0.25) is 0 Å². The first-order chi connectivity index (χ1) is 7.50. The summed E-state index contributed by atoms with van der Waals surface area (Å²) in [6.45, 7) is 0. The van der Waals surface area contributed by atoms with E-state index in [9.17, 15) is 14.0 Å². The molecule has 8 heteroatoms. The third-order valence-corrected chi connectivity index (χ3v) is 2.29. The van der Waals surface area contributed by atoms with Gasteiger partial charge in [-0.3, -0.25) is 14.3 Å². The summed E-state index contributed by atoms with van der Waals surface area (Å²) >= 11 is 0. The Bertz CT molecular complexity index is 498. The lowest BCUT2D eigenvalue weighted by Gasteiger charge is -2.14. The van der Waals surface area contributed by atoms with E-state index in [0.29, 0.717) is 0 Å². The normalized spacial score (nSPS) is 34.2. The molecule has 1 aliphatic rings. The highest BCUT2D eigenvalue weighted by Gasteiger charge is 2.44. The molecular weight excluding hydrogens is 223 g/mol. The van der Waals surface area contributed by atoms with Crippen molar-refractivity contribution in [3.63, 3.8) is 0 Å². The minimum absolute atomic E-state index is 0.629. The molecule has 0 aromatic carbocycles. The monoisotopic (exact) mass is 232 g/mol. The predicted octanol–water partition coefficient (Wildman–Crippen LogP) is -1.92. The van der Waals surface area contributed by atoms with Crippen LogP contribution in [-0.4, -0.2) is 38.3 Å². The van der Waals surface area contributed by atoms with Gasteiger partial charge in [0.15, 0.2) is 18.7 Å². The Morgan fingerprint density at radius 1 is 1.44 bits per heavy atom. The molecule has 1 saturated heterocycles. The number of aliphatic hydroxyl groups excluding tert-OH is 2. The smallest absolute Gasteiger partial charge is 0.330 e. The Balaban J connectivity index is 2.39. The second kappa shape index (κ2) is 3.81. The molecule has 0 saturated carbocycles. The molecule has 88 valence electrons. The van der Waals surface area contributed by atoms with Gasteiger partial charge in [-0.05, 0) is 0 Å². The van der Waals surface area contributed by atoms with Crippen LogP contribution >= 0.6 is 0 Å². The van der Waals surface area contributed by atoms with Gasteiger partial charge in [0.25, 0.3) is 5.56 Å². The lowest BCUT2D eigenvalue weighted by atomic mass is 10.2. The molecule has 16 heavy (non-hydrogen) atoms. The summed E-state index contributed by atoms with van der Waals surface area (Å²) in [4.78, 5) is 24.0. The van der Waals surface area contributed by atoms with Crippen LogP contribution in [0.15, 0.2) is 21.9 Å². The van der Waals surface area contributed by atoms with Crippen LogP contribution in [0.2, 0.25) is 0 Å². The topological polar surface area (TPSA) is 105 Å². The molecule has 1 aromatic rings. The maximum Gasteiger partial charge on any atom is 0.330 e. The van der Waals surface area contributed by atoms with Crippen molar-refractivity contribution < 1.29 is 19.3 Å². The van der Waals surface area contributed by atoms with Crippen molar-refractivity contribution in [3.8, 4) is 0 Å². The number of aromatic nitrogens is 2. The van der Waals surface area contributed by atoms with Gasteiger partial charge in [-0.15, -0.1) is 0 Å². The first-order valence-corrected chi connectivity index (χ1v) is 4.48. The summed E-state index contributed by atoms with van der Waals surface area (Å²) in [7, 11) is 0. The highest BCUT2D eigenvalue weighted by atomic mass is 19.1. The average molecular weight is 232 g/mol. The number of H-pyrrole nitrogens is 1. The van der Waals surface area contributed by atoms with Gasteiger partial charge >= 0.3 is 5.69 Å². The minimum Gasteiger partial charge on any atom is -0.385 e. The van der Waals surface area contributed by atoms with E-state index in [0.717, 1.165) is 16.8 Å². The summed E-state index contributed by atoms with van der Waals surface area (Å²) in [5.74, 6) is 0. The molecule has 3 N–H and O–H groups in total. The van der Waals surface area contributed by atoms with E-state index < -0.39 is 36.0 Å². The molecule has 2 rings (SSSR count). The van der Waals surface area contributed by atoms with Crippen LogP contribution in [0.1, 0.15) is 6.23 Å². The number of ether oxygens (including phenoxy) is 1. The number of nitrogens with zero attached hydrogens (tertiary/aromatic N) is 1. The van der Waals surface area contributed by atoms with Crippen LogP contribution < -0.4 is 11.2 Å². The molecular formula is C8H9FN2O5. The molecule has 0 bridgehead atoms. The van der Waals surface area contributed by atoms with Gasteiger partial charge in [-0.2, -0.15) is 0 Å². The third kappa shape index (κ3) is 1.66. The largest absolute Gasteiger partial charge is 0.385 e. The number of alkyl halides is 1. The maximum atomic E-state index is 13.4. The van der Waals surface area contributed by atoms with E-state index >= 15 is 0 Å². The average Bonchev–Trinajstić information content (AvgIpc) is 2.46. The van der Waals surface area contributed by atoms with Crippen LogP contribution in [0.25, 0.3) is 0 Å². The molecule has 1 aromatic heterocycles. The van der Waals surface area contributed by atoms with Gasteiger partial charge in [-0.25, -0.2) is 9.18 Å². The summed E-state index contributed by atoms with van der Waals surface area (Å²) in [5.41, 5.74) is -1.50. The summed E-state index contributed by atoms with van der Waals surface area (Å²) < 4.78 is 18.8. The molecule has 0 amide bonds. The van der Waals surface area contributed by atoms with E-state index in [1.165, 1.54) is 0 Å². The third-order valence-electron chi connectivity index (χ3n) is 2.29. The number of aromatic amines is 1. The van der Waals surface area contributed by atoms with Gasteiger partial charge < -0.3 is 14.9 Å². The molecule has 0 spiro atoms. The Kier molecular flexibility index (Phi) is 2.62. The Labute approximate surface area is 87.7 Å². The standard InChI is InChI=1S/C8H9FN2O5/c9-4-5(13)7(14)16-6(4)11-2-1-3(12)10-8(11)15/h1-2,4-7,13-14H,(H,10,12,15). The number of halogens is 1. The van der Waals surface area contributed by atoms with Gasteiger partial charge in [0.1, 0.15) is 6.10 Å². The van der Waals surface area contributed by atoms with Crippen molar-refractivity contribution >= 4 is 0 Å². The maximum absolute atomic E-state index is 13.4. The van der Waals surface area contributed by atoms with Crippen molar-refractivity contribution in [1.82, 2.24) is 9.55 Å². The fourth-order valence-corrected chi connectivity index (χ4v) is 1.47. The van der Waals surface area contributed by atoms with Crippen LogP contribution in [0.3, 0.4) is 0 Å². The first-order valence-electron chi connectivity index (χ1n) is 4.48. The van der Waals surface area contributed by atoms with Crippen LogP contribution in [0.4, 0.5) is 4.39 Å². The predicted molar refractivity (Wildman–Crippen MR) is 48.4 cm³/mol. The number of aliphatic hydroxyl groups is 2. The van der Waals surface area contributed by atoms with E-state index in [2.05, 4.69) is 4.74 Å². The fraction of sp³-hybridized carbons (Fsp3) is 0.500.